The van der Waals surface area contributed by atoms with Crippen LogP contribution in [0, 0.1) is 17.6 Å². The van der Waals surface area contributed by atoms with E-state index in [4.69, 9.17) is 4.74 Å². The van der Waals surface area contributed by atoms with Gasteiger partial charge < -0.3 is 4.74 Å². The number of hydrogen-bond acceptors (Lipinski definition) is 3. The van der Waals surface area contributed by atoms with Crippen LogP contribution in [0.2, 0.25) is 0 Å². The summed E-state index contributed by atoms with van der Waals surface area (Å²) in [7, 11) is 0. The maximum atomic E-state index is 13.6. The van der Waals surface area contributed by atoms with E-state index in [0.717, 1.165) is 12.3 Å². The van der Waals surface area contributed by atoms with E-state index in [9.17, 15) is 13.6 Å². The number of rotatable bonds is 3. The first kappa shape index (κ1) is 13.9. The van der Waals surface area contributed by atoms with Crippen molar-refractivity contribution >= 4 is 5.97 Å². The van der Waals surface area contributed by atoms with Crippen molar-refractivity contribution < 1.29 is 18.3 Å². The fourth-order valence-corrected chi connectivity index (χ4v) is 2.59. The van der Waals surface area contributed by atoms with Gasteiger partial charge in [-0.3, -0.25) is 9.78 Å². The van der Waals surface area contributed by atoms with Gasteiger partial charge in [0, 0.05) is 12.0 Å². The molecule has 0 radical (unpaired) electrons. The average Bonchev–Trinajstić information content (AvgIpc) is 2.39. The lowest BCUT2D eigenvalue weighted by Crippen LogP contribution is -2.23. The SMILES string of the molecule is CCOC(=O)[C@H]1CC[C@H](c2ncc(F)cc2F)CC1. The Hall–Kier alpha value is -1.52. The van der Waals surface area contributed by atoms with Crippen LogP contribution in [0.25, 0.3) is 0 Å². The minimum atomic E-state index is -0.665. The first-order chi connectivity index (χ1) is 9.11. The van der Waals surface area contributed by atoms with Crippen LogP contribution in [-0.2, 0) is 9.53 Å². The molecule has 1 aromatic rings. The molecule has 0 amide bonds. The van der Waals surface area contributed by atoms with Crippen LogP contribution in [0.15, 0.2) is 12.3 Å². The molecule has 0 spiro atoms. The van der Waals surface area contributed by atoms with Gasteiger partial charge in [0.1, 0.15) is 11.6 Å². The van der Waals surface area contributed by atoms with E-state index in [2.05, 4.69) is 4.98 Å². The van der Waals surface area contributed by atoms with Gasteiger partial charge in [0.2, 0.25) is 0 Å². The van der Waals surface area contributed by atoms with E-state index in [1.807, 2.05) is 0 Å². The number of carbonyl (C=O) groups excluding carboxylic acids is 1. The number of ether oxygens (including phenoxy) is 1. The second-order valence-electron chi connectivity index (χ2n) is 4.82. The van der Waals surface area contributed by atoms with E-state index >= 15 is 0 Å². The molecular formula is C14H17F2NO2. The molecule has 3 nitrogen and oxygen atoms in total. The standard InChI is InChI=1S/C14H17F2NO2/c1-2-19-14(18)10-5-3-9(4-6-10)13-12(16)7-11(15)8-17-13/h7-10H,2-6H2,1H3/t9-,10-. The predicted octanol–water partition coefficient (Wildman–Crippen LogP) is 3.20. The first-order valence-electron chi connectivity index (χ1n) is 6.59. The highest BCUT2D eigenvalue weighted by molar-refractivity contribution is 5.72. The van der Waals surface area contributed by atoms with Gasteiger partial charge in [-0.15, -0.1) is 0 Å². The molecule has 5 heteroatoms. The number of esters is 1. The van der Waals surface area contributed by atoms with E-state index in [1.54, 1.807) is 6.92 Å². The van der Waals surface area contributed by atoms with Crippen molar-refractivity contribution in [2.75, 3.05) is 6.61 Å². The van der Waals surface area contributed by atoms with Crippen LogP contribution in [-0.4, -0.2) is 17.6 Å². The van der Waals surface area contributed by atoms with Crippen molar-refractivity contribution in [2.24, 2.45) is 5.92 Å². The second kappa shape index (κ2) is 6.08. The Morgan fingerprint density at radius 1 is 1.37 bits per heavy atom. The van der Waals surface area contributed by atoms with E-state index in [0.29, 0.717) is 38.0 Å². The predicted molar refractivity (Wildman–Crippen MR) is 65.5 cm³/mol. The molecule has 1 fully saturated rings. The van der Waals surface area contributed by atoms with Gasteiger partial charge in [0.05, 0.1) is 24.4 Å². The van der Waals surface area contributed by atoms with Crippen LogP contribution in [0.4, 0.5) is 8.78 Å². The van der Waals surface area contributed by atoms with E-state index < -0.39 is 11.6 Å². The zero-order valence-electron chi connectivity index (χ0n) is 10.9. The fraction of sp³-hybridized carbons (Fsp3) is 0.571. The summed E-state index contributed by atoms with van der Waals surface area (Å²) in [5, 5.41) is 0. The van der Waals surface area contributed by atoms with Crippen LogP contribution in [0.3, 0.4) is 0 Å². The lowest BCUT2D eigenvalue weighted by Gasteiger charge is -2.26. The van der Waals surface area contributed by atoms with Gasteiger partial charge >= 0.3 is 5.97 Å². The highest BCUT2D eigenvalue weighted by atomic mass is 19.1. The van der Waals surface area contributed by atoms with Crippen molar-refractivity contribution in [3.05, 3.63) is 29.6 Å². The Morgan fingerprint density at radius 2 is 2.05 bits per heavy atom. The molecule has 104 valence electrons. The van der Waals surface area contributed by atoms with Gasteiger partial charge in [-0.05, 0) is 32.6 Å². The number of aromatic nitrogens is 1. The highest BCUT2D eigenvalue weighted by Gasteiger charge is 2.29. The molecule has 0 atom stereocenters. The van der Waals surface area contributed by atoms with Crippen LogP contribution < -0.4 is 0 Å². The first-order valence-corrected chi connectivity index (χ1v) is 6.59. The summed E-state index contributed by atoms with van der Waals surface area (Å²) in [5.41, 5.74) is 0.309. The van der Waals surface area contributed by atoms with Gasteiger partial charge in [-0.1, -0.05) is 0 Å². The van der Waals surface area contributed by atoms with Crippen LogP contribution in [0.5, 0.6) is 0 Å². The molecule has 0 aromatic carbocycles. The summed E-state index contributed by atoms with van der Waals surface area (Å²) >= 11 is 0. The molecule has 0 unspecified atom stereocenters. The molecule has 1 aliphatic carbocycles. The topological polar surface area (TPSA) is 39.2 Å². The highest BCUT2D eigenvalue weighted by Crippen LogP contribution is 2.36. The van der Waals surface area contributed by atoms with Crippen molar-refractivity contribution in [3.63, 3.8) is 0 Å². The minimum Gasteiger partial charge on any atom is -0.466 e. The minimum absolute atomic E-state index is 0.0359. The second-order valence-corrected chi connectivity index (χ2v) is 4.82. The van der Waals surface area contributed by atoms with Crippen LogP contribution >= 0.6 is 0 Å². The number of halogens is 2. The summed E-state index contributed by atoms with van der Waals surface area (Å²) in [5.74, 6) is -1.57. The van der Waals surface area contributed by atoms with Crippen molar-refractivity contribution in [3.8, 4) is 0 Å². The number of hydrogen-bond donors (Lipinski definition) is 0. The largest absolute Gasteiger partial charge is 0.466 e. The van der Waals surface area contributed by atoms with Crippen molar-refractivity contribution in [2.45, 2.75) is 38.5 Å². The molecule has 1 aliphatic rings. The maximum Gasteiger partial charge on any atom is 0.308 e. The number of carbonyl (C=O) groups is 1. The third kappa shape index (κ3) is 3.28. The summed E-state index contributed by atoms with van der Waals surface area (Å²) in [4.78, 5) is 15.4. The Labute approximate surface area is 111 Å². The Morgan fingerprint density at radius 3 is 2.63 bits per heavy atom. The lowest BCUT2D eigenvalue weighted by molar-refractivity contribution is -0.149. The zero-order valence-corrected chi connectivity index (χ0v) is 10.9. The fourth-order valence-electron chi connectivity index (χ4n) is 2.59. The third-order valence-electron chi connectivity index (χ3n) is 3.57. The van der Waals surface area contributed by atoms with Gasteiger partial charge in [-0.2, -0.15) is 0 Å². The normalized spacial score (nSPS) is 23.1. The van der Waals surface area contributed by atoms with E-state index in [1.165, 1.54) is 0 Å². The van der Waals surface area contributed by atoms with Gasteiger partial charge in [-0.25, -0.2) is 8.78 Å². The van der Waals surface area contributed by atoms with Gasteiger partial charge in [0.15, 0.2) is 0 Å². The number of nitrogens with zero attached hydrogens (tertiary/aromatic N) is 1. The van der Waals surface area contributed by atoms with Crippen molar-refractivity contribution in [1.82, 2.24) is 4.98 Å². The summed E-state index contributed by atoms with van der Waals surface area (Å²) in [6.07, 6.45) is 3.73. The summed E-state index contributed by atoms with van der Waals surface area (Å²) in [6.45, 7) is 2.16. The van der Waals surface area contributed by atoms with Gasteiger partial charge in [0.25, 0.3) is 0 Å². The molecule has 1 aromatic heterocycles. The molecule has 0 saturated heterocycles. The molecular weight excluding hydrogens is 252 g/mol. The lowest BCUT2D eigenvalue weighted by atomic mass is 9.80. The number of pyridine rings is 1. The third-order valence-corrected chi connectivity index (χ3v) is 3.57. The zero-order chi connectivity index (χ0) is 13.8. The monoisotopic (exact) mass is 269 g/mol. The Balaban J connectivity index is 1.98. The molecule has 0 N–H and O–H groups in total. The van der Waals surface area contributed by atoms with Crippen molar-refractivity contribution in [1.29, 1.82) is 0 Å². The van der Waals surface area contributed by atoms with Crippen LogP contribution in [0.1, 0.15) is 44.2 Å². The molecule has 0 bridgehead atoms. The van der Waals surface area contributed by atoms with E-state index in [-0.39, 0.29) is 17.8 Å². The molecule has 1 saturated carbocycles. The average molecular weight is 269 g/mol. The smallest absolute Gasteiger partial charge is 0.308 e. The maximum absolute atomic E-state index is 13.6. The Bertz CT molecular complexity index is 457. The summed E-state index contributed by atoms with van der Waals surface area (Å²) < 4.78 is 31.4. The Kier molecular flexibility index (Phi) is 4.45. The summed E-state index contributed by atoms with van der Waals surface area (Å²) in [6, 6.07) is 0.861. The molecule has 0 aliphatic heterocycles. The molecule has 2 rings (SSSR count). The quantitative estimate of drug-likeness (QED) is 0.791. The molecule has 19 heavy (non-hydrogen) atoms. The molecule has 1 heterocycles.